The number of hydrogen-bond donors (Lipinski definition) is 2. The number of ether oxygens (including phenoxy) is 1. The summed E-state index contributed by atoms with van der Waals surface area (Å²) in [6.45, 7) is 0.603. The van der Waals surface area contributed by atoms with Crippen LogP contribution >= 0.6 is 0 Å². The van der Waals surface area contributed by atoms with Crippen molar-refractivity contribution in [2.75, 3.05) is 13.7 Å². The first-order valence-electron chi connectivity index (χ1n) is 5.62. The molecule has 1 aromatic heterocycles. The molecule has 0 unspecified atom stereocenters. The van der Waals surface area contributed by atoms with Crippen molar-refractivity contribution in [1.29, 1.82) is 0 Å². The highest BCUT2D eigenvalue weighted by Crippen LogP contribution is 2.08. The van der Waals surface area contributed by atoms with Crippen molar-refractivity contribution in [3.8, 4) is 5.88 Å². The van der Waals surface area contributed by atoms with E-state index in [1.54, 1.807) is 19.4 Å². The average Bonchev–Trinajstić information content (AvgIpc) is 2.37. The fraction of sp³-hybridized carbons (Fsp3) is 0.500. The molecule has 17 heavy (non-hydrogen) atoms. The second kappa shape index (κ2) is 7.62. The van der Waals surface area contributed by atoms with Crippen molar-refractivity contribution >= 4 is 5.91 Å². The van der Waals surface area contributed by atoms with Gasteiger partial charge >= 0.3 is 0 Å². The summed E-state index contributed by atoms with van der Waals surface area (Å²) in [6.07, 6.45) is 3.47. The Hall–Kier alpha value is -1.62. The fourth-order valence-corrected chi connectivity index (χ4v) is 1.36. The molecule has 0 bridgehead atoms. The third-order valence-corrected chi connectivity index (χ3v) is 2.31. The van der Waals surface area contributed by atoms with E-state index in [1.165, 1.54) is 0 Å². The van der Waals surface area contributed by atoms with Gasteiger partial charge in [0, 0.05) is 31.8 Å². The number of rotatable bonds is 7. The minimum atomic E-state index is -0.00534. The fourth-order valence-electron chi connectivity index (χ4n) is 1.36. The van der Waals surface area contributed by atoms with Crippen LogP contribution in [0.2, 0.25) is 0 Å². The average molecular weight is 238 g/mol. The van der Waals surface area contributed by atoms with Gasteiger partial charge < -0.3 is 15.2 Å². The first kappa shape index (κ1) is 13.4. The normalized spacial score (nSPS) is 10.0. The maximum Gasteiger partial charge on any atom is 0.220 e. The minimum Gasteiger partial charge on any atom is -0.481 e. The standard InChI is InChI=1S/C12H18N2O3/c1-17-12-8-10(5-6-13-12)9-14-11(16)4-2-3-7-15/h5-6,8,15H,2-4,7,9H2,1H3,(H,14,16). The van der Waals surface area contributed by atoms with Crippen molar-refractivity contribution in [3.63, 3.8) is 0 Å². The Morgan fingerprint density at radius 1 is 1.53 bits per heavy atom. The van der Waals surface area contributed by atoms with E-state index in [2.05, 4.69) is 10.3 Å². The van der Waals surface area contributed by atoms with E-state index in [-0.39, 0.29) is 12.5 Å². The Balaban J connectivity index is 2.31. The minimum absolute atomic E-state index is 0.00534. The second-order valence-corrected chi connectivity index (χ2v) is 3.66. The van der Waals surface area contributed by atoms with Crippen molar-refractivity contribution in [2.24, 2.45) is 0 Å². The van der Waals surface area contributed by atoms with Crippen LogP contribution in [0.15, 0.2) is 18.3 Å². The molecule has 0 saturated carbocycles. The third-order valence-electron chi connectivity index (χ3n) is 2.31. The summed E-state index contributed by atoms with van der Waals surface area (Å²) in [4.78, 5) is 15.4. The van der Waals surface area contributed by atoms with E-state index in [4.69, 9.17) is 9.84 Å². The number of aliphatic hydroxyl groups excluding tert-OH is 1. The number of aliphatic hydroxyl groups is 1. The van der Waals surface area contributed by atoms with Gasteiger partial charge in [-0.2, -0.15) is 0 Å². The number of aromatic nitrogens is 1. The van der Waals surface area contributed by atoms with Crippen LogP contribution in [0.1, 0.15) is 24.8 Å². The van der Waals surface area contributed by atoms with Crippen molar-refractivity contribution < 1.29 is 14.6 Å². The first-order valence-corrected chi connectivity index (χ1v) is 5.62. The van der Waals surface area contributed by atoms with Crippen LogP contribution in [0, 0.1) is 0 Å². The lowest BCUT2D eigenvalue weighted by molar-refractivity contribution is -0.121. The molecule has 0 radical (unpaired) electrons. The molecule has 1 aromatic rings. The Bertz CT molecular complexity index is 355. The Morgan fingerprint density at radius 3 is 3.06 bits per heavy atom. The molecule has 0 fully saturated rings. The summed E-state index contributed by atoms with van der Waals surface area (Å²) in [6, 6.07) is 3.62. The highest BCUT2D eigenvalue weighted by molar-refractivity contribution is 5.75. The van der Waals surface area contributed by atoms with E-state index >= 15 is 0 Å². The zero-order valence-corrected chi connectivity index (χ0v) is 9.98. The van der Waals surface area contributed by atoms with E-state index < -0.39 is 0 Å². The zero-order valence-electron chi connectivity index (χ0n) is 9.98. The van der Waals surface area contributed by atoms with Crippen LogP contribution in [-0.4, -0.2) is 29.7 Å². The molecule has 0 saturated heterocycles. The molecule has 0 aliphatic carbocycles. The highest BCUT2D eigenvalue weighted by atomic mass is 16.5. The van der Waals surface area contributed by atoms with E-state index in [0.29, 0.717) is 31.7 Å². The third kappa shape index (κ3) is 5.31. The molecule has 1 heterocycles. The van der Waals surface area contributed by atoms with Gasteiger partial charge in [-0.25, -0.2) is 4.98 Å². The summed E-state index contributed by atoms with van der Waals surface area (Å²) in [7, 11) is 1.56. The molecule has 1 amide bonds. The molecular weight excluding hydrogens is 220 g/mol. The first-order chi connectivity index (χ1) is 8.26. The molecule has 0 aliphatic heterocycles. The van der Waals surface area contributed by atoms with Gasteiger partial charge in [0.25, 0.3) is 0 Å². The smallest absolute Gasteiger partial charge is 0.220 e. The summed E-state index contributed by atoms with van der Waals surface area (Å²) in [5.74, 6) is 0.534. The number of pyridine rings is 1. The van der Waals surface area contributed by atoms with E-state index in [0.717, 1.165) is 5.56 Å². The molecule has 2 N–H and O–H groups in total. The van der Waals surface area contributed by atoms with Crippen LogP contribution in [0.3, 0.4) is 0 Å². The van der Waals surface area contributed by atoms with Gasteiger partial charge in [-0.05, 0) is 24.5 Å². The summed E-state index contributed by atoms with van der Waals surface area (Å²) in [5.41, 5.74) is 0.951. The van der Waals surface area contributed by atoms with E-state index in [9.17, 15) is 4.79 Å². The van der Waals surface area contributed by atoms with Crippen LogP contribution in [-0.2, 0) is 11.3 Å². The molecule has 94 valence electrons. The molecule has 1 rings (SSSR count). The van der Waals surface area contributed by atoms with Crippen LogP contribution in [0.25, 0.3) is 0 Å². The summed E-state index contributed by atoms with van der Waals surface area (Å²) in [5, 5.41) is 11.4. The SMILES string of the molecule is COc1cc(CNC(=O)CCCCO)ccn1. The number of carbonyl (C=O) groups is 1. The van der Waals surface area contributed by atoms with Gasteiger partial charge in [-0.3, -0.25) is 4.79 Å². The zero-order chi connectivity index (χ0) is 12.5. The molecule has 5 nitrogen and oxygen atoms in total. The lowest BCUT2D eigenvalue weighted by Gasteiger charge is -2.06. The van der Waals surface area contributed by atoms with Crippen molar-refractivity contribution in [2.45, 2.75) is 25.8 Å². The predicted octanol–water partition coefficient (Wildman–Crippen LogP) is 0.869. The van der Waals surface area contributed by atoms with Crippen molar-refractivity contribution in [1.82, 2.24) is 10.3 Å². The van der Waals surface area contributed by atoms with Crippen LogP contribution < -0.4 is 10.1 Å². The number of nitrogens with zero attached hydrogens (tertiary/aromatic N) is 1. The lowest BCUT2D eigenvalue weighted by atomic mass is 10.2. The quantitative estimate of drug-likeness (QED) is 0.691. The molecule has 0 spiro atoms. The molecule has 5 heteroatoms. The van der Waals surface area contributed by atoms with Crippen LogP contribution in [0.5, 0.6) is 5.88 Å². The number of carbonyl (C=O) groups excluding carboxylic acids is 1. The summed E-state index contributed by atoms with van der Waals surface area (Å²) >= 11 is 0. The van der Waals surface area contributed by atoms with Gasteiger partial charge in [0.2, 0.25) is 11.8 Å². The monoisotopic (exact) mass is 238 g/mol. The highest BCUT2D eigenvalue weighted by Gasteiger charge is 2.02. The Kier molecular flexibility index (Phi) is 6.03. The Morgan fingerprint density at radius 2 is 2.35 bits per heavy atom. The largest absolute Gasteiger partial charge is 0.481 e. The maximum absolute atomic E-state index is 11.4. The number of hydrogen-bond acceptors (Lipinski definition) is 4. The maximum atomic E-state index is 11.4. The Labute approximate surface area is 101 Å². The molecule has 0 aliphatic rings. The van der Waals surface area contributed by atoms with Crippen LogP contribution in [0.4, 0.5) is 0 Å². The lowest BCUT2D eigenvalue weighted by Crippen LogP contribution is -2.22. The van der Waals surface area contributed by atoms with Crippen molar-refractivity contribution in [3.05, 3.63) is 23.9 Å². The number of nitrogens with one attached hydrogen (secondary N) is 1. The topological polar surface area (TPSA) is 71.5 Å². The molecule has 0 atom stereocenters. The summed E-state index contributed by atoms with van der Waals surface area (Å²) < 4.78 is 4.99. The number of methoxy groups -OCH3 is 1. The molecular formula is C12H18N2O3. The number of unbranched alkanes of at least 4 members (excludes halogenated alkanes) is 1. The van der Waals surface area contributed by atoms with Gasteiger partial charge in [0.15, 0.2) is 0 Å². The second-order valence-electron chi connectivity index (χ2n) is 3.66. The predicted molar refractivity (Wildman–Crippen MR) is 63.6 cm³/mol. The van der Waals surface area contributed by atoms with E-state index in [1.807, 2.05) is 6.07 Å². The molecule has 0 aromatic carbocycles. The van der Waals surface area contributed by atoms with Gasteiger partial charge in [-0.15, -0.1) is 0 Å². The van der Waals surface area contributed by atoms with Gasteiger partial charge in [0.05, 0.1) is 7.11 Å². The van der Waals surface area contributed by atoms with Gasteiger partial charge in [0.1, 0.15) is 0 Å². The van der Waals surface area contributed by atoms with Gasteiger partial charge in [-0.1, -0.05) is 0 Å². The number of amides is 1.